The third-order valence-corrected chi connectivity index (χ3v) is 3.73. The number of ether oxygens (including phenoxy) is 1. The molecule has 1 saturated heterocycles. The molecule has 1 aliphatic rings. The molecule has 0 saturated carbocycles. The summed E-state index contributed by atoms with van der Waals surface area (Å²) < 4.78 is 5.20. The Labute approximate surface area is 102 Å². The van der Waals surface area contributed by atoms with E-state index in [1.165, 1.54) is 6.92 Å². The second-order valence-corrected chi connectivity index (χ2v) is 6.17. The molecule has 0 aromatic rings. The van der Waals surface area contributed by atoms with Gasteiger partial charge in [0.2, 0.25) is 5.72 Å². The zero-order chi connectivity index (χ0) is 13.5. The van der Waals surface area contributed by atoms with Gasteiger partial charge in [0.05, 0.1) is 0 Å². The van der Waals surface area contributed by atoms with Crippen LogP contribution in [0.3, 0.4) is 0 Å². The third kappa shape index (κ3) is 2.65. The van der Waals surface area contributed by atoms with Crippen molar-refractivity contribution in [3.8, 4) is 0 Å². The number of hydrogen-bond donors (Lipinski definition) is 0. The summed E-state index contributed by atoms with van der Waals surface area (Å²) in [6.07, 6.45) is 0.839. The lowest BCUT2D eigenvalue weighted by molar-refractivity contribution is -0.178. The third-order valence-electron chi connectivity index (χ3n) is 3.73. The molecule has 0 N–H and O–H groups in total. The average molecular weight is 242 g/mol. The monoisotopic (exact) mass is 242 g/mol. The molecule has 17 heavy (non-hydrogen) atoms. The minimum Gasteiger partial charge on any atom is -0.434 e. The molecule has 0 atom stereocenters. The zero-order valence-corrected chi connectivity index (χ0v) is 11.5. The van der Waals surface area contributed by atoms with Gasteiger partial charge in [0.15, 0.2) is 0 Å². The molecule has 0 aromatic heterocycles. The molecule has 0 amide bonds. The van der Waals surface area contributed by atoms with Crippen LogP contribution in [0.2, 0.25) is 0 Å². The maximum Gasteiger partial charge on any atom is 0.304 e. The fraction of sp³-hybridized carbons (Fsp3) is 0.917. The first kappa shape index (κ1) is 14.1. The Morgan fingerprint density at radius 1 is 1.18 bits per heavy atom. The van der Waals surface area contributed by atoms with Gasteiger partial charge in [-0.15, -0.1) is 4.91 Å². The van der Waals surface area contributed by atoms with Gasteiger partial charge < -0.3 is 4.74 Å². The topological polar surface area (TPSA) is 59.0 Å². The number of rotatable bonds is 2. The number of piperidine rings is 1. The van der Waals surface area contributed by atoms with Gasteiger partial charge in [-0.2, -0.15) is 0 Å². The summed E-state index contributed by atoms with van der Waals surface area (Å²) in [7, 11) is 2.02. The number of nitrogens with zero attached hydrogens (tertiary/aromatic N) is 2. The van der Waals surface area contributed by atoms with Crippen molar-refractivity contribution < 1.29 is 9.53 Å². The van der Waals surface area contributed by atoms with E-state index in [1.54, 1.807) is 0 Å². The van der Waals surface area contributed by atoms with Crippen molar-refractivity contribution in [3.05, 3.63) is 4.91 Å². The number of esters is 1. The van der Waals surface area contributed by atoms with Crippen LogP contribution < -0.4 is 0 Å². The first-order chi connectivity index (χ1) is 7.55. The highest BCUT2D eigenvalue weighted by Crippen LogP contribution is 2.44. The Balaban J connectivity index is 3.11. The van der Waals surface area contributed by atoms with E-state index < -0.39 is 11.7 Å². The molecule has 1 rings (SSSR count). The molecule has 98 valence electrons. The van der Waals surface area contributed by atoms with Gasteiger partial charge in [0.25, 0.3) is 0 Å². The van der Waals surface area contributed by atoms with Crippen molar-refractivity contribution in [1.82, 2.24) is 4.90 Å². The van der Waals surface area contributed by atoms with Crippen molar-refractivity contribution in [2.24, 2.45) is 5.18 Å². The van der Waals surface area contributed by atoms with Crippen molar-refractivity contribution in [2.45, 2.75) is 64.3 Å². The van der Waals surface area contributed by atoms with Crippen LogP contribution in [0.4, 0.5) is 0 Å². The molecule has 1 aliphatic heterocycles. The molecular formula is C12H22N2O3. The predicted octanol–water partition coefficient (Wildman–Crippen LogP) is 2.29. The molecule has 0 radical (unpaired) electrons. The molecule has 0 spiro atoms. The molecular weight excluding hydrogens is 220 g/mol. The summed E-state index contributed by atoms with van der Waals surface area (Å²) in [6, 6.07) is 0. The quantitative estimate of drug-likeness (QED) is 0.550. The Morgan fingerprint density at radius 3 is 1.88 bits per heavy atom. The van der Waals surface area contributed by atoms with E-state index in [0.717, 1.165) is 0 Å². The van der Waals surface area contributed by atoms with E-state index >= 15 is 0 Å². The smallest absolute Gasteiger partial charge is 0.304 e. The minimum absolute atomic E-state index is 0.245. The van der Waals surface area contributed by atoms with E-state index in [0.29, 0.717) is 12.8 Å². The highest BCUT2D eigenvalue weighted by atomic mass is 16.6. The highest BCUT2D eigenvalue weighted by Gasteiger charge is 2.54. The van der Waals surface area contributed by atoms with E-state index in [9.17, 15) is 9.70 Å². The fourth-order valence-corrected chi connectivity index (χ4v) is 2.89. The summed E-state index contributed by atoms with van der Waals surface area (Å²) in [5, 5.41) is 3.13. The lowest BCUT2D eigenvalue weighted by Crippen LogP contribution is -2.64. The van der Waals surface area contributed by atoms with Gasteiger partial charge in [0.1, 0.15) is 0 Å². The molecule has 1 fully saturated rings. The minimum atomic E-state index is -1.23. The normalized spacial score (nSPS) is 26.2. The second kappa shape index (κ2) is 4.05. The number of hydrogen-bond acceptors (Lipinski definition) is 5. The number of carbonyl (C=O) groups excluding carboxylic acids is 1. The second-order valence-electron chi connectivity index (χ2n) is 6.17. The number of carbonyl (C=O) groups is 1. The van der Waals surface area contributed by atoms with Crippen LogP contribution in [0.1, 0.15) is 47.5 Å². The molecule has 5 nitrogen and oxygen atoms in total. The molecule has 0 bridgehead atoms. The van der Waals surface area contributed by atoms with Crippen molar-refractivity contribution in [3.63, 3.8) is 0 Å². The molecule has 1 heterocycles. The van der Waals surface area contributed by atoms with Gasteiger partial charge in [-0.3, -0.25) is 9.69 Å². The van der Waals surface area contributed by atoms with Crippen LogP contribution in [0.5, 0.6) is 0 Å². The summed E-state index contributed by atoms with van der Waals surface area (Å²) in [5.41, 5.74) is -1.72. The largest absolute Gasteiger partial charge is 0.434 e. The average Bonchev–Trinajstić information content (AvgIpc) is 2.12. The summed E-state index contributed by atoms with van der Waals surface area (Å²) in [4.78, 5) is 24.5. The van der Waals surface area contributed by atoms with Crippen LogP contribution in [0, 0.1) is 4.91 Å². The first-order valence-electron chi connectivity index (χ1n) is 5.83. The van der Waals surface area contributed by atoms with Crippen LogP contribution in [-0.4, -0.2) is 34.7 Å². The van der Waals surface area contributed by atoms with Crippen LogP contribution in [0.25, 0.3) is 0 Å². The van der Waals surface area contributed by atoms with Gasteiger partial charge in [-0.1, -0.05) is 0 Å². The Hall–Kier alpha value is -0.970. The molecule has 0 aromatic carbocycles. The Morgan fingerprint density at radius 2 is 1.59 bits per heavy atom. The lowest BCUT2D eigenvalue weighted by Gasteiger charge is -2.55. The van der Waals surface area contributed by atoms with Crippen LogP contribution >= 0.6 is 0 Å². The number of likely N-dealkylation sites (tertiary alicyclic amines) is 1. The molecule has 0 aliphatic carbocycles. The van der Waals surface area contributed by atoms with Gasteiger partial charge in [0, 0.05) is 30.8 Å². The van der Waals surface area contributed by atoms with E-state index in [4.69, 9.17) is 4.74 Å². The maximum atomic E-state index is 11.2. The summed E-state index contributed by atoms with van der Waals surface area (Å²) in [6.45, 7) is 9.41. The Kier molecular flexibility index (Phi) is 3.36. The summed E-state index contributed by atoms with van der Waals surface area (Å²) in [5.74, 6) is -0.458. The highest BCUT2D eigenvalue weighted by molar-refractivity contribution is 5.66. The van der Waals surface area contributed by atoms with Crippen molar-refractivity contribution in [2.75, 3.05) is 7.05 Å². The Bertz CT molecular complexity index is 319. The van der Waals surface area contributed by atoms with E-state index in [-0.39, 0.29) is 11.1 Å². The van der Waals surface area contributed by atoms with Gasteiger partial charge >= 0.3 is 5.97 Å². The van der Waals surface area contributed by atoms with Crippen molar-refractivity contribution >= 4 is 5.97 Å². The molecule has 5 heteroatoms. The molecule has 0 unspecified atom stereocenters. The standard InChI is InChI=1S/C12H22N2O3/c1-9(15)17-12(13-16)7-10(2,3)14(6)11(4,5)8-12/h7-8H2,1-6H3. The number of nitroso groups, excluding NO2 is 1. The maximum absolute atomic E-state index is 11.2. The van der Waals surface area contributed by atoms with E-state index in [1.807, 2.05) is 34.7 Å². The SMILES string of the molecule is CC(=O)OC1(N=O)CC(C)(C)N(C)C(C)(C)C1. The van der Waals surface area contributed by atoms with Gasteiger partial charge in [-0.05, 0) is 39.9 Å². The van der Waals surface area contributed by atoms with Crippen molar-refractivity contribution in [1.29, 1.82) is 0 Å². The van der Waals surface area contributed by atoms with Crippen LogP contribution in [-0.2, 0) is 9.53 Å². The van der Waals surface area contributed by atoms with E-state index in [2.05, 4.69) is 10.1 Å². The fourth-order valence-electron chi connectivity index (χ4n) is 2.89. The van der Waals surface area contributed by atoms with Gasteiger partial charge in [-0.25, -0.2) is 0 Å². The lowest BCUT2D eigenvalue weighted by atomic mass is 9.75. The summed E-state index contributed by atoms with van der Waals surface area (Å²) >= 11 is 0. The predicted molar refractivity (Wildman–Crippen MR) is 65.4 cm³/mol. The zero-order valence-electron chi connectivity index (χ0n) is 11.5. The van der Waals surface area contributed by atoms with Crippen LogP contribution in [0.15, 0.2) is 5.18 Å². The first-order valence-corrected chi connectivity index (χ1v) is 5.83.